The molecule has 0 radical (unpaired) electrons. The number of likely N-dealkylation sites (tertiary alicyclic amines) is 1. The molecule has 1 aliphatic heterocycles. The molecule has 0 bridgehead atoms. The first-order chi connectivity index (χ1) is 18.1. The van der Waals surface area contributed by atoms with Crippen LogP contribution in [0.4, 0.5) is 13.2 Å². The third-order valence-electron chi connectivity index (χ3n) is 6.73. The molecule has 1 aliphatic rings. The fourth-order valence-corrected chi connectivity index (χ4v) is 4.69. The van der Waals surface area contributed by atoms with Crippen LogP contribution >= 0.6 is 0 Å². The zero-order valence-electron chi connectivity index (χ0n) is 21.7. The molecule has 2 atom stereocenters. The number of aryl methyl sites for hydroxylation is 1. The standard InChI is InChI=1S/C29H34F3N3O3/c1-19(2)38-26-10-8-23(17-33-26)27(36)25(18-35-13-3-4-14-35)34-28(37)29(31,32)12-11-20-5-6-22-16-24(30)9-7-21(22)15-20/h5-10,15-17,19,25,27,36H,3-4,11-14,18H2,1-2H3,(H,34,37)/t25-,27-/m1/s1. The zero-order valence-corrected chi connectivity index (χ0v) is 21.7. The summed E-state index contributed by atoms with van der Waals surface area (Å²) in [6.45, 7) is 5.54. The molecule has 0 spiro atoms. The number of fused-ring (bicyclic) bond motifs is 1. The third kappa shape index (κ3) is 7.23. The van der Waals surface area contributed by atoms with Crippen molar-refractivity contribution in [2.75, 3.05) is 19.6 Å². The van der Waals surface area contributed by atoms with Gasteiger partial charge in [0.2, 0.25) is 5.88 Å². The van der Waals surface area contributed by atoms with Crippen LogP contribution in [0.3, 0.4) is 0 Å². The van der Waals surface area contributed by atoms with Crippen LogP contribution in [0.1, 0.15) is 50.3 Å². The van der Waals surface area contributed by atoms with Gasteiger partial charge in [0, 0.05) is 30.8 Å². The van der Waals surface area contributed by atoms with Gasteiger partial charge in [-0.2, -0.15) is 8.78 Å². The Morgan fingerprint density at radius 3 is 2.50 bits per heavy atom. The Labute approximate surface area is 220 Å². The maximum atomic E-state index is 15.0. The Morgan fingerprint density at radius 2 is 1.82 bits per heavy atom. The van der Waals surface area contributed by atoms with Crippen LogP contribution < -0.4 is 10.1 Å². The van der Waals surface area contributed by atoms with Crippen molar-refractivity contribution < 1.29 is 27.8 Å². The summed E-state index contributed by atoms with van der Waals surface area (Å²) < 4.78 is 48.9. The number of rotatable bonds is 11. The molecule has 4 rings (SSSR count). The summed E-state index contributed by atoms with van der Waals surface area (Å²) in [7, 11) is 0. The number of nitrogens with zero attached hydrogens (tertiary/aromatic N) is 2. The van der Waals surface area contributed by atoms with Gasteiger partial charge in [0.1, 0.15) is 11.9 Å². The zero-order chi connectivity index (χ0) is 27.3. The number of nitrogens with one attached hydrogen (secondary N) is 1. The van der Waals surface area contributed by atoms with E-state index in [-0.39, 0.29) is 24.9 Å². The first-order valence-electron chi connectivity index (χ1n) is 13.0. The average Bonchev–Trinajstić information content (AvgIpc) is 3.40. The average molecular weight is 530 g/mol. The van der Waals surface area contributed by atoms with Crippen LogP contribution in [-0.2, 0) is 11.2 Å². The molecule has 2 heterocycles. The minimum atomic E-state index is -3.64. The summed E-state index contributed by atoms with van der Waals surface area (Å²) in [5, 5.41) is 14.9. The van der Waals surface area contributed by atoms with Gasteiger partial charge in [-0.25, -0.2) is 9.37 Å². The number of pyridine rings is 1. The summed E-state index contributed by atoms with van der Waals surface area (Å²) in [4.78, 5) is 19.0. The number of benzene rings is 2. The molecular formula is C29H34F3N3O3. The summed E-state index contributed by atoms with van der Waals surface area (Å²) >= 11 is 0. The highest BCUT2D eigenvalue weighted by molar-refractivity contribution is 5.84. The van der Waals surface area contributed by atoms with Crippen molar-refractivity contribution in [2.45, 2.75) is 63.7 Å². The summed E-state index contributed by atoms with van der Waals surface area (Å²) in [6.07, 6.45) is 1.38. The molecule has 1 fully saturated rings. The minimum Gasteiger partial charge on any atom is -0.475 e. The Kier molecular flexibility index (Phi) is 8.89. The maximum absolute atomic E-state index is 15.0. The van der Waals surface area contributed by atoms with Crippen molar-refractivity contribution in [3.05, 3.63) is 71.7 Å². The van der Waals surface area contributed by atoms with E-state index in [0.29, 0.717) is 22.4 Å². The monoisotopic (exact) mass is 529 g/mol. The normalized spacial score (nSPS) is 16.1. The highest BCUT2D eigenvalue weighted by Gasteiger charge is 2.40. The van der Waals surface area contributed by atoms with E-state index in [1.807, 2.05) is 18.7 Å². The number of hydrogen-bond acceptors (Lipinski definition) is 5. The topological polar surface area (TPSA) is 74.7 Å². The van der Waals surface area contributed by atoms with Gasteiger partial charge in [0.05, 0.1) is 12.1 Å². The van der Waals surface area contributed by atoms with Crippen molar-refractivity contribution in [1.29, 1.82) is 0 Å². The molecule has 1 amide bonds. The van der Waals surface area contributed by atoms with Crippen LogP contribution in [0.2, 0.25) is 0 Å². The van der Waals surface area contributed by atoms with Crippen molar-refractivity contribution in [3.63, 3.8) is 0 Å². The van der Waals surface area contributed by atoms with Gasteiger partial charge >= 0.3 is 5.92 Å². The molecule has 1 aromatic heterocycles. The highest BCUT2D eigenvalue weighted by atomic mass is 19.3. The van der Waals surface area contributed by atoms with Gasteiger partial charge in [-0.3, -0.25) is 4.79 Å². The van der Waals surface area contributed by atoms with Gasteiger partial charge in [-0.1, -0.05) is 24.3 Å². The highest BCUT2D eigenvalue weighted by Crippen LogP contribution is 2.26. The predicted molar refractivity (Wildman–Crippen MR) is 140 cm³/mol. The lowest BCUT2D eigenvalue weighted by Crippen LogP contribution is -2.51. The fourth-order valence-electron chi connectivity index (χ4n) is 4.69. The minimum absolute atomic E-state index is 0.0334. The smallest absolute Gasteiger partial charge is 0.324 e. The van der Waals surface area contributed by atoms with E-state index in [2.05, 4.69) is 10.3 Å². The van der Waals surface area contributed by atoms with Crippen LogP contribution in [0.15, 0.2) is 54.7 Å². The molecule has 2 N–H and O–H groups in total. The SMILES string of the molecule is CC(C)Oc1ccc([C@@H](O)[C@@H](CN2CCCC2)NC(=O)C(F)(F)CCc2ccc3cc(F)ccc3c2)cn1. The van der Waals surface area contributed by atoms with Crippen LogP contribution in [-0.4, -0.2) is 58.6 Å². The van der Waals surface area contributed by atoms with Crippen LogP contribution in [0, 0.1) is 5.82 Å². The summed E-state index contributed by atoms with van der Waals surface area (Å²) in [5.41, 5.74) is 1.03. The molecule has 38 heavy (non-hydrogen) atoms. The number of halogens is 3. The number of aliphatic hydroxyl groups excluding tert-OH is 1. The molecule has 9 heteroatoms. The Hall–Kier alpha value is -3.17. The van der Waals surface area contributed by atoms with Gasteiger partial charge in [0.15, 0.2) is 0 Å². The van der Waals surface area contributed by atoms with Crippen LogP contribution in [0.25, 0.3) is 10.8 Å². The van der Waals surface area contributed by atoms with Gasteiger partial charge in [0.25, 0.3) is 5.91 Å². The third-order valence-corrected chi connectivity index (χ3v) is 6.73. The Balaban J connectivity index is 1.43. The number of aromatic nitrogens is 1. The van der Waals surface area contributed by atoms with Crippen LogP contribution in [0.5, 0.6) is 5.88 Å². The number of hydrogen-bond donors (Lipinski definition) is 2. The van der Waals surface area contributed by atoms with E-state index in [4.69, 9.17) is 4.74 Å². The molecule has 0 unspecified atom stereocenters. The molecular weight excluding hydrogens is 495 g/mol. The van der Waals surface area contributed by atoms with E-state index in [0.717, 1.165) is 31.3 Å². The Morgan fingerprint density at radius 1 is 1.11 bits per heavy atom. The van der Waals surface area contributed by atoms with E-state index in [1.54, 1.807) is 36.4 Å². The van der Waals surface area contributed by atoms with Gasteiger partial charge < -0.3 is 20.1 Å². The number of amides is 1. The lowest BCUT2D eigenvalue weighted by atomic mass is 10.0. The van der Waals surface area contributed by atoms with Crippen molar-refractivity contribution in [1.82, 2.24) is 15.2 Å². The van der Waals surface area contributed by atoms with E-state index in [9.17, 15) is 23.1 Å². The van der Waals surface area contributed by atoms with Crippen molar-refractivity contribution >= 4 is 16.7 Å². The number of alkyl halides is 2. The number of ether oxygens (including phenoxy) is 1. The lowest BCUT2D eigenvalue weighted by Gasteiger charge is -2.30. The van der Waals surface area contributed by atoms with Gasteiger partial charge in [-0.15, -0.1) is 0 Å². The lowest BCUT2D eigenvalue weighted by molar-refractivity contribution is -0.148. The molecule has 204 valence electrons. The summed E-state index contributed by atoms with van der Waals surface area (Å²) in [5.74, 6) is -5.04. The summed E-state index contributed by atoms with van der Waals surface area (Å²) in [6, 6.07) is 11.7. The predicted octanol–water partition coefficient (Wildman–Crippen LogP) is 5.04. The quantitative estimate of drug-likeness (QED) is 0.364. The molecule has 0 aliphatic carbocycles. The van der Waals surface area contributed by atoms with E-state index in [1.165, 1.54) is 18.3 Å². The first kappa shape index (κ1) is 27.9. The number of aliphatic hydroxyl groups is 1. The second kappa shape index (κ2) is 12.1. The molecule has 1 saturated heterocycles. The largest absolute Gasteiger partial charge is 0.475 e. The maximum Gasteiger partial charge on any atom is 0.324 e. The molecule has 2 aromatic carbocycles. The molecule has 3 aromatic rings. The number of carbonyl (C=O) groups is 1. The number of carbonyl (C=O) groups excluding carboxylic acids is 1. The van der Waals surface area contributed by atoms with Gasteiger partial charge in [-0.05, 0) is 80.7 Å². The van der Waals surface area contributed by atoms with Crippen molar-refractivity contribution in [3.8, 4) is 5.88 Å². The van der Waals surface area contributed by atoms with E-state index >= 15 is 0 Å². The van der Waals surface area contributed by atoms with E-state index < -0.39 is 30.4 Å². The van der Waals surface area contributed by atoms with Crippen molar-refractivity contribution in [2.24, 2.45) is 0 Å². The molecule has 0 saturated carbocycles. The second-order valence-corrected chi connectivity index (χ2v) is 10.2. The second-order valence-electron chi connectivity index (χ2n) is 10.2. The fraction of sp³-hybridized carbons (Fsp3) is 0.448. The Bertz CT molecular complexity index is 1230. The first-order valence-corrected chi connectivity index (χ1v) is 13.0. The molecule has 6 nitrogen and oxygen atoms in total.